The summed E-state index contributed by atoms with van der Waals surface area (Å²) in [5.74, 6) is 0.638. The third kappa shape index (κ3) is 6.49. The predicted octanol–water partition coefficient (Wildman–Crippen LogP) is 2.47. The van der Waals surface area contributed by atoms with Crippen LogP contribution in [0.1, 0.15) is 10.6 Å². The van der Waals surface area contributed by atoms with Gasteiger partial charge < -0.3 is 15.2 Å². The number of carbonyl (C=O) groups is 1. The number of nitrogens with zero attached hydrogens (tertiary/aromatic N) is 4. The maximum absolute atomic E-state index is 12.3. The van der Waals surface area contributed by atoms with Crippen molar-refractivity contribution < 1.29 is 14.6 Å². The molecule has 33 heavy (non-hydrogen) atoms. The van der Waals surface area contributed by atoms with E-state index in [-0.39, 0.29) is 12.5 Å². The first-order chi connectivity index (χ1) is 16.0. The number of piperazine rings is 1. The van der Waals surface area contributed by atoms with Gasteiger partial charge in [-0.25, -0.2) is 4.98 Å². The van der Waals surface area contributed by atoms with Crippen LogP contribution >= 0.6 is 11.3 Å². The molecule has 9 heteroatoms. The number of β-amino-alcohol motifs (C(OH)–C–C–N with tert-alkyl or cyclic N) is 1. The number of aromatic nitrogens is 1. The lowest BCUT2D eigenvalue weighted by molar-refractivity contribution is -0.117. The molecule has 2 aromatic carbocycles. The van der Waals surface area contributed by atoms with Crippen LogP contribution in [-0.4, -0.2) is 77.8 Å². The van der Waals surface area contributed by atoms with Gasteiger partial charge in [-0.1, -0.05) is 0 Å². The van der Waals surface area contributed by atoms with Crippen molar-refractivity contribution >= 4 is 33.1 Å². The second kappa shape index (κ2) is 10.7. The number of nitriles is 1. The number of nitrogens with one attached hydrogen (secondary N) is 1. The van der Waals surface area contributed by atoms with Gasteiger partial charge in [0, 0.05) is 44.5 Å². The Hall–Kier alpha value is -3.03. The highest BCUT2D eigenvalue weighted by Crippen LogP contribution is 2.25. The molecule has 0 spiro atoms. The van der Waals surface area contributed by atoms with Gasteiger partial charge in [-0.2, -0.15) is 5.26 Å². The molecule has 1 aromatic heterocycles. The van der Waals surface area contributed by atoms with Gasteiger partial charge in [-0.15, -0.1) is 11.3 Å². The first kappa shape index (κ1) is 23.1. The first-order valence-electron chi connectivity index (χ1n) is 10.9. The Balaban J connectivity index is 1.16. The molecule has 0 radical (unpaired) electrons. The molecule has 2 heterocycles. The number of thiazole rings is 1. The number of aryl methyl sites for hydroxylation is 1. The van der Waals surface area contributed by atoms with E-state index in [0.717, 1.165) is 41.4 Å². The number of amides is 1. The number of aliphatic hydroxyl groups excluding tert-OH is 1. The Labute approximate surface area is 197 Å². The quantitative estimate of drug-likeness (QED) is 0.527. The van der Waals surface area contributed by atoms with Crippen LogP contribution in [0.4, 0.5) is 5.69 Å². The van der Waals surface area contributed by atoms with Crippen molar-refractivity contribution in [2.24, 2.45) is 0 Å². The number of ether oxygens (including phenoxy) is 1. The van der Waals surface area contributed by atoms with E-state index in [2.05, 4.69) is 26.2 Å². The smallest absolute Gasteiger partial charge is 0.238 e. The molecular formula is C24H27N5O3S. The number of benzene rings is 2. The molecule has 0 unspecified atom stereocenters. The summed E-state index contributed by atoms with van der Waals surface area (Å²) in [6, 6.07) is 14.7. The second-order valence-electron chi connectivity index (χ2n) is 8.14. The third-order valence-electron chi connectivity index (χ3n) is 5.51. The van der Waals surface area contributed by atoms with Crippen LogP contribution in [0.25, 0.3) is 10.2 Å². The molecule has 2 N–H and O–H groups in total. The second-order valence-corrected chi connectivity index (χ2v) is 9.38. The number of hydrogen-bond donors (Lipinski definition) is 2. The molecular weight excluding hydrogens is 438 g/mol. The zero-order chi connectivity index (χ0) is 23.2. The molecule has 1 fully saturated rings. The van der Waals surface area contributed by atoms with Crippen LogP contribution in [0.2, 0.25) is 0 Å². The van der Waals surface area contributed by atoms with Gasteiger partial charge in [0.2, 0.25) is 5.91 Å². The summed E-state index contributed by atoms with van der Waals surface area (Å²) >= 11 is 1.65. The standard InChI is InChI=1S/C24H27N5O3S/c1-17-26-22-12-21(6-7-23(22)33-17)32-16-20(30)14-28-8-10-29(11-9-28)15-24(31)27-19-4-2-18(13-25)3-5-19/h2-7,12,20,30H,8-11,14-16H2,1H3,(H,27,31)/t20-/m0/s1. The minimum atomic E-state index is -0.593. The van der Waals surface area contributed by atoms with Gasteiger partial charge >= 0.3 is 0 Å². The summed E-state index contributed by atoms with van der Waals surface area (Å²) in [7, 11) is 0. The van der Waals surface area contributed by atoms with E-state index < -0.39 is 6.10 Å². The molecule has 3 aromatic rings. The van der Waals surface area contributed by atoms with Crippen LogP contribution in [0.3, 0.4) is 0 Å². The van der Waals surface area contributed by atoms with Gasteiger partial charge in [-0.05, 0) is 43.3 Å². The fourth-order valence-electron chi connectivity index (χ4n) is 3.82. The summed E-state index contributed by atoms with van der Waals surface area (Å²) < 4.78 is 6.91. The molecule has 1 amide bonds. The number of carbonyl (C=O) groups excluding carboxylic acids is 1. The van der Waals surface area contributed by atoms with Gasteiger partial charge in [-0.3, -0.25) is 14.6 Å². The van der Waals surface area contributed by atoms with E-state index in [4.69, 9.17) is 10.00 Å². The fourth-order valence-corrected chi connectivity index (χ4v) is 4.62. The van der Waals surface area contributed by atoms with Crippen LogP contribution in [0.15, 0.2) is 42.5 Å². The van der Waals surface area contributed by atoms with E-state index >= 15 is 0 Å². The molecule has 1 saturated heterocycles. The van der Waals surface area contributed by atoms with Crippen molar-refractivity contribution in [3.63, 3.8) is 0 Å². The van der Waals surface area contributed by atoms with Crippen molar-refractivity contribution in [1.82, 2.24) is 14.8 Å². The van der Waals surface area contributed by atoms with E-state index in [1.807, 2.05) is 25.1 Å². The lowest BCUT2D eigenvalue weighted by Crippen LogP contribution is -2.50. The molecule has 172 valence electrons. The Morgan fingerprint density at radius 2 is 1.94 bits per heavy atom. The normalized spacial score (nSPS) is 15.8. The van der Waals surface area contributed by atoms with Crippen molar-refractivity contribution in [2.45, 2.75) is 13.0 Å². The van der Waals surface area contributed by atoms with Crippen LogP contribution in [-0.2, 0) is 4.79 Å². The summed E-state index contributed by atoms with van der Waals surface area (Å²) in [6.07, 6.45) is -0.593. The van der Waals surface area contributed by atoms with E-state index in [0.29, 0.717) is 30.1 Å². The zero-order valence-corrected chi connectivity index (χ0v) is 19.3. The number of rotatable bonds is 8. The number of anilines is 1. The SMILES string of the molecule is Cc1nc2cc(OC[C@@H](O)CN3CCN(CC(=O)Nc4ccc(C#N)cc4)CC3)ccc2s1. The van der Waals surface area contributed by atoms with Crippen LogP contribution in [0.5, 0.6) is 5.75 Å². The molecule has 8 nitrogen and oxygen atoms in total. The molecule has 1 atom stereocenters. The number of fused-ring (bicyclic) bond motifs is 1. The highest BCUT2D eigenvalue weighted by Gasteiger charge is 2.21. The summed E-state index contributed by atoms with van der Waals surface area (Å²) in [4.78, 5) is 21.1. The molecule has 4 rings (SSSR count). The van der Waals surface area contributed by atoms with Gasteiger partial charge in [0.1, 0.15) is 18.5 Å². The summed E-state index contributed by atoms with van der Waals surface area (Å²) in [5.41, 5.74) is 2.17. The van der Waals surface area contributed by atoms with Gasteiger partial charge in [0.05, 0.1) is 33.4 Å². The highest BCUT2D eigenvalue weighted by atomic mass is 32.1. The Morgan fingerprint density at radius 1 is 1.21 bits per heavy atom. The van der Waals surface area contributed by atoms with Gasteiger partial charge in [0.25, 0.3) is 0 Å². The van der Waals surface area contributed by atoms with E-state index in [9.17, 15) is 9.90 Å². The largest absolute Gasteiger partial charge is 0.491 e. The molecule has 0 bridgehead atoms. The van der Waals surface area contributed by atoms with Crippen LogP contribution < -0.4 is 10.1 Å². The zero-order valence-electron chi connectivity index (χ0n) is 18.5. The third-order valence-corrected chi connectivity index (χ3v) is 6.46. The van der Waals surface area contributed by atoms with Crippen LogP contribution in [0, 0.1) is 18.3 Å². The molecule has 0 aliphatic carbocycles. The highest BCUT2D eigenvalue weighted by molar-refractivity contribution is 7.18. The molecule has 1 aliphatic heterocycles. The minimum absolute atomic E-state index is 0.0751. The van der Waals surface area contributed by atoms with E-state index in [1.165, 1.54) is 0 Å². The Bertz CT molecular complexity index is 1130. The minimum Gasteiger partial charge on any atom is -0.491 e. The summed E-state index contributed by atoms with van der Waals surface area (Å²) in [5, 5.41) is 23.1. The van der Waals surface area contributed by atoms with E-state index in [1.54, 1.807) is 35.6 Å². The topological polar surface area (TPSA) is 102 Å². The molecule has 1 aliphatic rings. The maximum atomic E-state index is 12.3. The number of aliphatic hydroxyl groups is 1. The lowest BCUT2D eigenvalue weighted by Gasteiger charge is -2.35. The lowest BCUT2D eigenvalue weighted by atomic mass is 10.2. The van der Waals surface area contributed by atoms with Crippen molar-refractivity contribution in [3.05, 3.63) is 53.0 Å². The fraction of sp³-hybridized carbons (Fsp3) is 0.375. The monoisotopic (exact) mass is 465 g/mol. The maximum Gasteiger partial charge on any atom is 0.238 e. The number of hydrogen-bond acceptors (Lipinski definition) is 8. The predicted molar refractivity (Wildman–Crippen MR) is 129 cm³/mol. The molecule has 0 saturated carbocycles. The average molecular weight is 466 g/mol. The van der Waals surface area contributed by atoms with Crippen molar-refractivity contribution in [3.8, 4) is 11.8 Å². The Morgan fingerprint density at radius 3 is 2.67 bits per heavy atom. The Kier molecular flexibility index (Phi) is 7.52. The van der Waals surface area contributed by atoms with Crippen molar-refractivity contribution in [2.75, 3.05) is 51.2 Å². The average Bonchev–Trinajstić information content (AvgIpc) is 3.18. The first-order valence-corrected chi connectivity index (χ1v) is 11.7. The van der Waals surface area contributed by atoms with Crippen molar-refractivity contribution in [1.29, 1.82) is 5.26 Å². The van der Waals surface area contributed by atoms with Gasteiger partial charge in [0.15, 0.2) is 0 Å². The summed E-state index contributed by atoms with van der Waals surface area (Å²) in [6.45, 7) is 6.14.